The van der Waals surface area contributed by atoms with E-state index in [1.165, 1.54) is 0 Å². The minimum Gasteiger partial charge on any atom is -0.513 e. The Hall–Kier alpha value is -1.88. The number of carbonyl (C=O) groups is 2. The number of esters is 1. The Balaban J connectivity index is 2.26. The molecule has 30 heavy (non-hydrogen) atoms. The molecule has 2 rings (SSSR count). The first kappa shape index (κ1) is 24.4. The van der Waals surface area contributed by atoms with Gasteiger partial charge in [-0.05, 0) is 84.1 Å². The van der Waals surface area contributed by atoms with Gasteiger partial charge in [0.15, 0.2) is 0 Å². The molecule has 0 radical (unpaired) electrons. The molecule has 0 aromatic rings. The third-order valence-corrected chi connectivity index (χ3v) is 6.48. The molecule has 2 N–H and O–H groups in total. The molecule has 2 saturated carbocycles. The zero-order valence-electron chi connectivity index (χ0n) is 18.7. The Kier molecular flexibility index (Phi) is 9.35. The smallest absolute Gasteiger partial charge is 0.312 e. The van der Waals surface area contributed by atoms with Crippen LogP contribution in [0.1, 0.15) is 78.6 Å². The molecule has 0 unspecified atom stereocenters. The number of hydrogen-bond acceptors (Lipinski definition) is 5. The van der Waals surface area contributed by atoms with Crippen molar-refractivity contribution in [1.29, 1.82) is 0 Å². The van der Waals surface area contributed by atoms with Crippen molar-refractivity contribution in [3.8, 4) is 0 Å². The van der Waals surface area contributed by atoms with Crippen molar-refractivity contribution < 1.29 is 24.5 Å². The molecule has 2 fully saturated rings. The van der Waals surface area contributed by atoms with E-state index >= 15 is 0 Å². The first-order valence-corrected chi connectivity index (χ1v) is 11.3. The van der Waals surface area contributed by atoms with Crippen LogP contribution < -0.4 is 0 Å². The highest BCUT2D eigenvalue weighted by molar-refractivity contribution is 5.90. The van der Waals surface area contributed by atoms with Crippen LogP contribution in [0.4, 0.5) is 0 Å². The van der Waals surface area contributed by atoms with Gasteiger partial charge in [-0.1, -0.05) is 23.8 Å². The van der Waals surface area contributed by atoms with Crippen LogP contribution in [-0.2, 0) is 14.3 Å². The van der Waals surface area contributed by atoms with Crippen LogP contribution in [0, 0.1) is 17.3 Å². The molecule has 2 aliphatic carbocycles. The monoisotopic (exact) mass is 418 g/mol. The molecule has 3 atom stereocenters. The van der Waals surface area contributed by atoms with Crippen LogP contribution in [0.15, 0.2) is 35.6 Å². The van der Waals surface area contributed by atoms with E-state index in [0.717, 1.165) is 37.7 Å². The number of aliphatic hydroxyl groups excluding tert-OH is 2. The van der Waals surface area contributed by atoms with Gasteiger partial charge < -0.3 is 14.9 Å². The van der Waals surface area contributed by atoms with Gasteiger partial charge in [-0.2, -0.15) is 0 Å². The van der Waals surface area contributed by atoms with Crippen LogP contribution in [0.25, 0.3) is 0 Å². The van der Waals surface area contributed by atoms with Crippen LogP contribution in [0.5, 0.6) is 0 Å². The fraction of sp³-hybridized carbons (Fsp3) is 0.680. The lowest BCUT2D eigenvalue weighted by molar-refractivity contribution is -0.166. The molecule has 0 spiro atoms. The topological polar surface area (TPSA) is 83.8 Å². The summed E-state index contributed by atoms with van der Waals surface area (Å²) < 4.78 is 5.88. The number of ether oxygens (including phenoxy) is 1. The lowest BCUT2D eigenvalue weighted by Crippen LogP contribution is -2.42. The van der Waals surface area contributed by atoms with E-state index in [-0.39, 0.29) is 42.1 Å². The van der Waals surface area contributed by atoms with E-state index in [1.807, 2.05) is 32.1 Å². The Labute approximate surface area is 180 Å². The number of aliphatic hydroxyl groups is 2. The fourth-order valence-corrected chi connectivity index (χ4v) is 4.75. The normalized spacial score (nSPS) is 24.4. The van der Waals surface area contributed by atoms with Crippen LogP contribution in [0.2, 0.25) is 0 Å². The van der Waals surface area contributed by atoms with Gasteiger partial charge >= 0.3 is 5.97 Å². The number of rotatable bonds is 10. The zero-order chi connectivity index (χ0) is 22.1. The summed E-state index contributed by atoms with van der Waals surface area (Å²) >= 11 is 0. The van der Waals surface area contributed by atoms with Gasteiger partial charge in [-0.3, -0.25) is 9.59 Å². The van der Waals surface area contributed by atoms with Gasteiger partial charge in [-0.25, -0.2) is 0 Å². The molecule has 0 aliphatic heterocycles. The molecular weight excluding hydrogens is 380 g/mol. The maximum Gasteiger partial charge on any atom is 0.312 e. The molecule has 0 amide bonds. The van der Waals surface area contributed by atoms with E-state index in [2.05, 4.69) is 0 Å². The summed E-state index contributed by atoms with van der Waals surface area (Å²) in [5.74, 6) is -0.481. The molecular formula is C25H38O5. The third kappa shape index (κ3) is 6.83. The summed E-state index contributed by atoms with van der Waals surface area (Å²) in [6.07, 6.45) is 14.5. The SMILES string of the molecule is CC(=C/C=C/[C@H](/C=C(\C)O)C[C@](C)(C(=O)OC1CCCC1)[C@H]1CCCC1=O)CCO. The standard InChI is InChI=1S/C25H38O5/c1-18(14-15-26)8-6-9-20(16-19(2)27)17-25(3,22-12-7-13-23(22)28)24(29)30-21-10-4-5-11-21/h6,8-9,16,20-22,26-27H,4-5,7,10-15,17H2,1-3H3/b9-6+,18-8?,19-16+/t20-,22+,25+/m1/s1. The first-order valence-electron chi connectivity index (χ1n) is 11.3. The lowest BCUT2D eigenvalue weighted by Gasteiger charge is -2.35. The van der Waals surface area contributed by atoms with Crippen LogP contribution in [-0.4, -0.2) is 34.7 Å². The molecule has 0 aromatic heterocycles. The summed E-state index contributed by atoms with van der Waals surface area (Å²) in [6, 6.07) is 0. The van der Waals surface area contributed by atoms with E-state index in [4.69, 9.17) is 9.84 Å². The van der Waals surface area contributed by atoms with E-state index < -0.39 is 5.41 Å². The molecule has 0 heterocycles. The number of hydrogen-bond donors (Lipinski definition) is 2. The van der Waals surface area contributed by atoms with Gasteiger partial charge in [0, 0.05) is 18.9 Å². The van der Waals surface area contributed by atoms with Gasteiger partial charge in [-0.15, -0.1) is 0 Å². The molecule has 2 aliphatic rings. The van der Waals surface area contributed by atoms with E-state index in [1.54, 1.807) is 13.0 Å². The maximum absolute atomic E-state index is 13.3. The maximum atomic E-state index is 13.3. The minimum absolute atomic E-state index is 0.0403. The highest BCUT2D eigenvalue weighted by atomic mass is 16.5. The predicted octanol–water partition coefficient (Wildman–Crippen LogP) is 5.20. The van der Waals surface area contributed by atoms with Crippen molar-refractivity contribution in [2.75, 3.05) is 6.61 Å². The number of Topliss-reactive ketones (excluding diaryl/α,β-unsaturated/α-hetero) is 1. The highest BCUT2D eigenvalue weighted by Crippen LogP contribution is 2.44. The second-order valence-corrected chi connectivity index (χ2v) is 9.19. The van der Waals surface area contributed by atoms with Crippen molar-refractivity contribution >= 4 is 11.8 Å². The Morgan fingerprint density at radius 2 is 1.93 bits per heavy atom. The van der Waals surface area contributed by atoms with E-state index in [9.17, 15) is 14.7 Å². The second-order valence-electron chi connectivity index (χ2n) is 9.19. The number of ketones is 1. The van der Waals surface area contributed by atoms with E-state index in [0.29, 0.717) is 25.7 Å². The first-order chi connectivity index (χ1) is 14.3. The molecule has 168 valence electrons. The summed E-state index contributed by atoms with van der Waals surface area (Å²) in [6.45, 7) is 5.53. The Bertz CT molecular complexity index is 680. The predicted molar refractivity (Wildman–Crippen MR) is 118 cm³/mol. The molecule has 0 bridgehead atoms. The lowest BCUT2D eigenvalue weighted by atomic mass is 9.69. The molecule has 0 saturated heterocycles. The highest BCUT2D eigenvalue weighted by Gasteiger charge is 2.49. The average molecular weight is 419 g/mol. The third-order valence-electron chi connectivity index (χ3n) is 6.48. The molecule has 5 heteroatoms. The summed E-state index contributed by atoms with van der Waals surface area (Å²) in [5, 5.41) is 18.9. The second kappa shape index (κ2) is 11.5. The number of allylic oxidation sites excluding steroid dienone is 5. The summed E-state index contributed by atoms with van der Waals surface area (Å²) in [5.41, 5.74) is 0.132. The van der Waals surface area contributed by atoms with Crippen molar-refractivity contribution in [1.82, 2.24) is 0 Å². The summed E-state index contributed by atoms with van der Waals surface area (Å²) in [7, 11) is 0. The van der Waals surface area contributed by atoms with Crippen LogP contribution >= 0.6 is 0 Å². The van der Waals surface area contributed by atoms with Gasteiger partial charge in [0.05, 0.1) is 11.2 Å². The largest absolute Gasteiger partial charge is 0.513 e. The zero-order valence-corrected chi connectivity index (χ0v) is 18.7. The summed E-state index contributed by atoms with van der Waals surface area (Å²) in [4.78, 5) is 25.9. The van der Waals surface area contributed by atoms with Gasteiger partial charge in [0.25, 0.3) is 0 Å². The Morgan fingerprint density at radius 1 is 1.23 bits per heavy atom. The van der Waals surface area contributed by atoms with Gasteiger partial charge in [0.1, 0.15) is 11.9 Å². The number of carbonyl (C=O) groups excluding carboxylic acids is 2. The average Bonchev–Trinajstić information content (AvgIpc) is 3.33. The van der Waals surface area contributed by atoms with Crippen LogP contribution in [0.3, 0.4) is 0 Å². The van der Waals surface area contributed by atoms with Crippen molar-refractivity contribution in [3.63, 3.8) is 0 Å². The van der Waals surface area contributed by atoms with Gasteiger partial charge in [0.2, 0.25) is 0 Å². The van der Waals surface area contributed by atoms with Crippen molar-refractivity contribution in [3.05, 3.63) is 35.6 Å². The van der Waals surface area contributed by atoms with Crippen molar-refractivity contribution in [2.45, 2.75) is 84.7 Å². The minimum atomic E-state index is -0.916. The Morgan fingerprint density at radius 3 is 2.50 bits per heavy atom. The quantitative estimate of drug-likeness (QED) is 0.289. The molecule has 5 nitrogen and oxygen atoms in total. The molecule has 0 aromatic carbocycles. The fourth-order valence-electron chi connectivity index (χ4n) is 4.75. The van der Waals surface area contributed by atoms with Crippen molar-refractivity contribution in [2.24, 2.45) is 17.3 Å².